The molecule has 0 saturated heterocycles. The lowest BCUT2D eigenvalue weighted by Gasteiger charge is -2.18. The lowest BCUT2D eigenvalue weighted by Crippen LogP contribution is -2.24. The number of hydrogen-bond donors (Lipinski definition) is 3. The highest BCUT2D eigenvalue weighted by atomic mass is 19.1. The van der Waals surface area contributed by atoms with Crippen molar-refractivity contribution in [3.05, 3.63) is 35.1 Å². The van der Waals surface area contributed by atoms with Crippen molar-refractivity contribution in [1.29, 1.82) is 0 Å². The summed E-state index contributed by atoms with van der Waals surface area (Å²) in [6.07, 6.45) is -0.776. The summed E-state index contributed by atoms with van der Waals surface area (Å²) >= 11 is 0. The van der Waals surface area contributed by atoms with Gasteiger partial charge in [0, 0.05) is 5.56 Å². The van der Waals surface area contributed by atoms with Crippen molar-refractivity contribution >= 4 is 0 Å². The predicted octanol–water partition coefficient (Wildman–Crippen LogP) is 0.699. The minimum atomic E-state index is -0.776. The highest BCUT2D eigenvalue weighted by Gasteiger charge is 2.17. The molecule has 78 valence electrons. The standard InChI is InChI=1S/C10H14FNO2/c1-6(14)10(12)7-3-2-4-9(11)8(7)5-13/h2-4,6,10,13-14H,5,12H2,1H3/t6-,10-/m0/s1. The van der Waals surface area contributed by atoms with Gasteiger partial charge < -0.3 is 15.9 Å². The molecule has 0 aliphatic carbocycles. The maximum atomic E-state index is 13.2. The number of hydrogen-bond acceptors (Lipinski definition) is 3. The molecule has 1 aromatic rings. The summed E-state index contributed by atoms with van der Waals surface area (Å²) in [5.41, 5.74) is 6.26. The van der Waals surface area contributed by atoms with E-state index in [0.717, 1.165) is 0 Å². The normalized spacial score (nSPS) is 15.2. The first kappa shape index (κ1) is 11.1. The molecule has 0 heterocycles. The van der Waals surface area contributed by atoms with Gasteiger partial charge in [-0.15, -0.1) is 0 Å². The first-order valence-electron chi connectivity index (χ1n) is 4.39. The van der Waals surface area contributed by atoms with Crippen LogP contribution in [0.3, 0.4) is 0 Å². The van der Waals surface area contributed by atoms with E-state index in [9.17, 15) is 9.50 Å². The van der Waals surface area contributed by atoms with Crippen LogP contribution in [0.1, 0.15) is 24.1 Å². The molecule has 14 heavy (non-hydrogen) atoms. The van der Waals surface area contributed by atoms with Crippen LogP contribution < -0.4 is 5.73 Å². The fourth-order valence-electron chi connectivity index (χ4n) is 1.31. The van der Waals surface area contributed by atoms with Gasteiger partial charge in [0.15, 0.2) is 0 Å². The van der Waals surface area contributed by atoms with Gasteiger partial charge in [0.05, 0.1) is 18.8 Å². The molecule has 0 unspecified atom stereocenters. The van der Waals surface area contributed by atoms with E-state index >= 15 is 0 Å². The van der Waals surface area contributed by atoms with E-state index in [4.69, 9.17) is 10.8 Å². The molecule has 4 heteroatoms. The molecule has 0 aromatic heterocycles. The van der Waals surface area contributed by atoms with Crippen LogP contribution in [-0.2, 0) is 6.61 Å². The third-order valence-electron chi connectivity index (χ3n) is 2.19. The Kier molecular flexibility index (Phi) is 3.57. The van der Waals surface area contributed by atoms with Crippen molar-refractivity contribution in [2.45, 2.75) is 25.7 Å². The minimum Gasteiger partial charge on any atom is -0.392 e. The fraction of sp³-hybridized carbons (Fsp3) is 0.400. The molecule has 4 N–H and O–H groups in total. The Morgan fingerprint density at radius 2 is 2.14 bits per heavy atom. The number of rotatable bonds is 3. The quantitative estimate of drug-likeness (QED) is 0.671. The average molecular weight is 199 g/mol. The maximum absolute atomic E-state index is 13.2. The Labute approximate surface area is 82.0 Å². The molecule has 0 aliphatic rings. The van der Waals surface area contributed by atoms with Gasteiger partial charge in [-0.25, -0.2) is 4.39 Å². The molecule has 0 spiro atoms. The summed E-state index contributed by atoms with van der Waals surface area (Å²) < 4.78 is 13.2. The first-order valence-corrected chi connectivity index (χ1v) is 4.39. The topological polar surface area (TPSA) is 66.5 Å². The number of nitrogens with two attached hydrogens (primary N) is 1. The summed E-state index contributed by atoms with van der Waals surface area (Å²) in [5, 5.41) is 18.2. The van der Waals surface area contributed by atoms with Crippen LogP contribution in [0, 0.1) is 5.82 Å². The monoisotopic (exact) mass is 199 g/mol. The molecular weight excluding hydrogens is 185 g/mol. The molecule has 0 saturated carbocycles. The molecule has 1 aromatic carbocycles. The molecule has 0 aliphatic heterocycles. The van der Waals surface area contributed by atoms with Crippen LogP contribution in [0.4, 0.5) is 4.39 Å². The van der Waals surface area contributed by atoms with Crippen LogP contribution in [-0.4, -0.2) is 16.3 Å². The lowest BCUT2D eigenvalue weighted by molar-refractivity contribution is 0.162. The largest absolute Gasteiger partial charge is 0.392 e. The van der Waals surface area contributed by atoms with E-state index < -0.39 is 24.6 Å². The zero-order chi connectivity index (χ0) is 10.7. The van der Waals surface area contributed by atoms with Gasteiger partial charge >= 0.3 is 0 Å². The highest BCUT2D eigenvalue weighted by Crippen LogP contribution is 2.21. The Morgan fingerprint density at radius 1 is 1.50 bits per heavy atom. The third-order valence-corrected chi connectivity index (χ3v) is 2.19. The molecule has 3 nitrogen and oxygen atoms in total. The Bertz CT molecular complexity index is 315. The molecule has 0 amide bonds. The summed E-state index contributed by atoms with van der Waals surface area (Å²) in [6, 6.07) is 3.69. The Hall–Kier alpha value is -0.970. The van der Waals surface area contributed by atoms with Crippen LogP contribution >= 0.6 is 0 Å². The summed E-state index contributed by atoms with van der Waals surface area (Å²) in [7, 11) is 0. The summed E-state index contributed by atoms with van der Waals surface area (Å²) in [6.45, 7) is 1.11. The average Bonchev–Trinajstić information content (AvgIpc) is 2.16. The van der Waals surface area contributed by atoms with Crippen LogP contribution in [0.5, 0.6) is 0 Å². The summed E-state index contributed by atoms with van der Waals surface area (Å²) in [4.78, 5) is 0. The van der Waals surface area contributed by atoms with E-state index in [1.54, 1.807) is 6.07 Å². The Morgan fingerprint density at radius 3 is 2.64 bits per heavy atom. The second-order valence-corrected chi connectivity index (χ2v) is 3.23. The van der Waals surface area contributed by atoms with Crippen molar-refractivity contribution in [2.24, 2.45) is 5.73 Å². The van der Waals surface area contributed by atoms with Gasteiger partial charge in [-0.3, -0.25) is 0 Å². The van der Waals surface area contributed by atoms with Crippen LogP contribution in [0.2, 0.25) is 0 Å². The van der Waals surface area contributed by atoms with E-state index in [2.05, 4.69) is 0 Å². The van der Waals surface area contributed by atoms with E-state index in [1.807, 2.05) is 0 Å². The molecule has 0 bridgehead atoms. The minimum absolute atomic E-state index is 0.154. The molecule has 1 rings (SSSR count). The van der Waals surface area contributed by atoms with Crippen LogP contribution in [0.25, 0.3) is 0 Å². The lowest BCUT2D eigenvalue weighted by atomic mass is 9.97. The molecule has 2 atom stereocenters. The first-order chi connectivity index (χ1) is 6.57. The third kappa shape index (κ3) is 2.09. The van der Waals surface area contributed by atoms with Crippen molar-refractivity contribution in [2.75, 3.05) is 0 Å². The number of aliphatic hydroxyl groups is 2. The second kappa shape index (κ2) is 4.50. The van der Waals surface area contributed by atoms with E-state index in [0.29, 0.717) is 5.56 Å². The van der Waals surface area contributed by atoms with Gasteiger partial charge in [0.25, 0.3) is 0 Å². The van der Waals surface area contributed by atoms with Crippen LogP contribution in [0.15, 0.2) is 18.2 Å². The maximum Gasteiger partial charge on any atom is 0.129 e. The number of halogens is 1. The predicted molar refractivity (Wildman–Crippen MR) is 50.9 cm³/mol. The number of benzene rings is 1. The second-order valence-electron chi connectivity index (χ2n) is 3.23. The van der Waals surface area contributed by atoms with E-state index in [-0.39, 0.29) is 5.56 Å². The molecular formula is C10H14FNO2. The van der Waals surface area contributed by atoms with E-state index in [1.165, 1.54) is 19.1 Å². The van der Waals surface area contributed by atoms with Gasteiger partial charge in [0.1, 0.15) is 5.82 Å². The van der Waals surface area contributed by atoms with Crippen molar-refractivity contribution in [3.8, 4) is 0 Å². The van der Waals surface area contributed by atoms with Gasteiger partial charge in [-0.05, 0) is 18.6 Å². The molecule has 0 fully saturated rings. The van der Waals surface area contributed by atoms with Gasteiger partial charge in [0.2, 0.25) is 0 Å². The van der Waals surface area contributed by atoms with Crippen molar-refractivity contribution in [3.63, 3.8) is 0 Å². The van der Waals surface area contributed by atoms with Crippen molar-refractivity contribution in [1.82, 2.24) is 0 Å². The van der Waals surface area contributed by atoms with Gasteiger partial charge in [-0.1, -0.05) is 12.1 Å². The Balaban J connectivity index is 3.13. The highest BCUT2D eigenvalue weighted by molar-refractivity contribution is 5.31. The molecule has 0 radical (unpaired) electrons. The smallest absolute Gasteiger partial charge is 0.129 e. The summed E-state index contributed by atoms with van der Waals surface area (Å²) in [5.74, 6) is -0.499. The number of aliphatic hydroxyl groups excluding tert-OH is 2. The zero-order valence-electron chi connectivity index (χ0n) is 7.94. The van der Waals surface area contributed by atoms with Crippen molar-refractivity contribution < 1.29 is 14.6 Å². The SMILES string of the molecule is C[C@H](O)[C@H](N)c1cccc(F)c1CO. The zero-order valence-corrected chi connectivity index (χ0v) is 7.94. The van der Waals surface area contributed by atoms with Gasteiger partial charge in [-0.2, -0.15) is 0 Å². The fourth-order valence-corrected chi connectivity index (χ4v) is 1.31.